The molecule has 1 rings (SSSR count). The van der Waals surface area contributed by atoms with E-state index in [0.717, 1.165) is 24.5 Å². The zero-order valence-corrected chi connectivity index (χ0v) is 9.69. The summed E-state index contributed by atoms with van der Waals surface area (Å²) in [7, 11) is 0. The van der Waals surface area contributed by atoms with E-state index in [1.165, 1.54) is 32.1 Å². The lowest BCUT2D eigenvalue weighted by Crippen LogP contribution is -2.47. The van der Waals surface area contributed by atoms with E-state index in [9.17, 15) is 0 Å². The Morgan fingerprint density at radius 3 is 2.23 bits per heavy atom. The summed E-state index contributed by atoms with van der Waals surface area (Å²) < 4.78 is 0. The van der Waals surface area contributed by atoms with Crippen molar-refractivity contribution in [2.75, 3.05) is 12.4 Å². The van der Waals surface area contributed by atoms with E-state index in [2.05, 4.69) is 18.7 Å². The van der Waals surface area contributed by atoms with Crippen molar-refractivity contribution < 1.29 is 0 Å². The third-order valence-corrected chi connectivity index (χ3v) is 3.47. The second kappa shape index (κ2) is 5.87. The van der Waals surface area contributed by atoms with Gasteiger partial charge in [0.15, 0.2) is 0 Å². The van der Waals surface area contributed by atoms with Gasteiger partial charge in [0.1, 0.15) is 0 Å². The molecule has 1 aliphatic rings. The normalized spacial score (nSPS) is 18.2. The highest BCUT2D eigenvalue weighted by molar-refractivity contribution is 6.18. The number of hydrogen-bond donors (Lipinski definition) is 0. The smallest absolute Gasteiger partial charge is 0.0351 e. The first-order valence-corrected chi connectivity index (χ1v) is 6.18. The van der Waals surface area contributed by atoms with E-state index in [0.29, 0.717) is 0 Å². The monoisotopic (exact) mass is 203 g/mol. The molecule has 1 nitrogen and oxygen atoms in total. The van der Waals surface area contributed by atoms with Gasteiger partial charge < -0.3 is 0 Å². The summed E-state index contributed by atoms with van der Waals surface area (Å²) in [6.07, 6.45) is 6.75. The molecule has 0 spiro atoms. The molecule has 0 heterocycles. The first kappa shape index (κ1) is 11.3. The Labute approximate surface area is 87.4 Å². The molecule has 1 aliphatic carbocycles. The Morgan fingerprint density at radius 2 is 1.92 bits per heavy atom. The predicted molar refractivity (Wildman–Crippen MR) is 59.4 cm³/mol. The minimum absolute atomic E-state index is 0.768. The Hall–Kier alpha value is 0.250. The first-order chi connectivity index (χ1) is 6.33. The van der Waals surface area contributed by atoms with Crippen LogP contribution in [0.25, 0.3) is 0 Å². The average molecular weight is 204 g/mol. The molecule has 0 aromatic carbocycles. The summed E-state index contributed by atoms with van der Waals surface area (Å²) in [6.45, 7) is 5.65. The molecular formula is C11H22ClN. The summed E-state index contributed by atoms with van der Waals surface area (Å²) in [5.41, 5.74) is 0. The molecule has 0 atom stereocenters. The van der Waals surface area contributed by atoms with E-state index in [4.69, 9.17) is 11.6 Å². The maximum atomic E-state index is 5.84. The Balaban J connectivity index is 2.43. The van der Waals surface area contributed by atoms with E-state index in [-0.39, 0.29) is 0 Å². The summed E-state index contributed by atoms with van der Waals surface area (Å²) in [5.74, 6) is 0.785. The predicted octanol–water partition coefficient (Wildman–Crippen LogP) is 3.27. The van der Waals surface area contributed by atoms with Crippen molar-refractivity contribution in [3.05, 3.63) is 0 Å². The molecule has 0 unspecified atom stereocenters. The highest BCUT2D eigenvalue weighted by Gasteiger charge is 2.28. The molecule has 0 saturated heterocycles. The molecule has 0 N–H and O–H groups in total. The van der Waals surface area contributed by atoms with Crippen molar-refractivity contribution in [3.8, 4) is 0 Å². The highest BCUT2D eigenvalue weighted by Crippen LogP contribution is 2.28. The second-order valence-electron chi connectivity index (χ2n) is 3.98. The number of rotatable bonds is 6. The lowest BCUT2D eigenvalue weighted by molar-refractivity contribution is 0.0815. The van der Waals surface area contributed by atoms with Crippen LogP contribution in [-0.2, 0) is 0 Å². The van der Waals surface area contributed by atoms with Crippen LogP contribution in [0, 0.1) is 0 Å². The van der Waals surface area contributed by atoms with Crippen molar-refractivity contribution in [2.45, 2.75) is 58.0 Å². The molecule has 0 aliphatic heterocycles. The van der Waals surface area contributed by atoms with Crippen LogP contribution in [0.15, 0.2) is 0 Å². The Bertz CT molecular complexity index is 130. The van der Waals surface area contributed by atoms with Gasteiger partial charge in [-0.25, -0.2) is 0 Å². The third kappa shape index (κ3) is 2.85. The summed E-state index contributed by atoms with van der Waals surface area (Å²) in [4.78, 5) is 2.64. The Morgan fingerprint density at radius 1 is 1.31 bits per heavy atom. The van der Waals surface area contributed by atoms with E-state index in [1.807, 2.05) is 0 Å². The number of alkyl halides is 1. The molecule has 0 bridgehead atoms. The van der Waals surface area contributed by atoms with Gasteiger partial charge in [-0.15, -0.1) is 11.6 Å². The van der Waals surface area contributed by atoms with Gasteiger partial charge in [-0.05, 0) is 25.7 Å². The maximum Gasteiger partial charge on any atom is 0.0351 e. The maximum absolute atomic E-state index is 5.84. The minimum atomic E-state index is 0.768. The van der Waals surface area contributed by atoms with Gasteiger partial charge in [0.25, 0.3) is 0 Å². The molecular weight excluding hydrogens is 182 g/mol. The summed E-state index contributed by atoms with van der Waals surface area (Å²) >= 11 is 5.84. The van der Waals surface area contributed by atoms with Crippen molar-refractivity contribution in [1.82, 2.24) is 4.90 Å². The molecule has 1 saturated carbocycles. The van der Waals surface area contributed by atoms with Crippen LogP contribution in [0.4, 0.5) is 0 Å². The van der Waals surface area contributed by atoms with Crippen molar-refractivity contribution in [1.29, 1.82) is 0 Å². The molecule has 0 aromatic rings. The van der Waals surface area contributed by atoms with Crippen LogP contribution in [0.1, 0.15) is 46.0 Å². The largest absolute Gasteiger partial charge is 0.296 e. The van der Waals surface area contributed by atoms with Crippen LogP contribution >= 0.6 is 11.6 Å². The minimum Gasteiger partial charge on any atom is -0.296 e. The second-order valence-corrected chi connectivity index (χ2v) is 4.36. The molecule has 2 heteroatoms. The summed E-state index contributed by atoms with van der Waals surface area (Å²) in [5, 5.41) is 0. The highest BCUT2D eigenvalue weighted by atomic mass is 35.5. The number of nitrogens with zero attached hydrogens (tertiary/aromatic N) is 1. The molecule has 0 amide bonds. The quantitative estimate of drug-likeness (QED) is 0.599. The lowest BCUT2D eigenvalue weighted by Gasteiger charge is -2.42. The van der Waals surface area contributed by atoms with E-state index >= 15 is 0 Å². The number of halogens is 1. The molecule has 0 radical (unpaired) electrons. The molecule has 0 aromatic heterocycles. The van der Waals surface area contributed by atoms with Gasteiger partial charge in [-0.1, -0.05) is 20.3 Å². The Kier molecular flexibility index (Phi) is 5.12. The van der Waals surface area contributed by atoms with Crippen molar-refractivity contribution >= 4 is 11.6 Å². The van der Waals surface area contributed by atoms with Crippen LogP contribution in [-0.4, -0.2) is 29.4 Å². The third-order valence-electron chi connectivity index (χ3n) is 3.30. The van der Waals surface area contributed by atoms with Gasteiger partial charge in [-0.2, -0.15) is 0 Å². The van der Waals surface area contributed by atoms with Crippen molar-refractivity contribution in [3.63, 3.8) is 0 Å². The van der Waals surface area contributed by atoms with Gasteiger partial charge >= 0.3 is 0 Å². The molecule has 78 valence electrons. The SMILES string of the molecule is CCC(CC)N(CCCl)C1CCC1. The van der Waals surface area contributed by atoms with Gasteiger partial charge in [0.05, 0.1) is 0 Å². The standard InChI is InChI=1S/C11H22ClN/c1-3-10(4-2)13(9-8-12)11-6-5-7-11/h10-11H,3-9H2,1-2H3. The van der Waals surface area contributed by atoms with Crippen LogP contribution in [0.2, 0.25) is 0 Å². The fraction of sp³-hybridized carbons (Fsp3) is 1.00. The number of hydrogen-bond acceptors (Lipinski definition) is 1. The topological polar surface area (TPSA) is 3.24 Å². The van der Waals surface area contributed by atoms with Gasteiger partial charge in [-0.3, -0.25) is 4.90 Å². The fourth-order valence-electron chi connectivity index (χ4n) is 2.24. The van der Waals surface area contributed by atoms with E-state index < -0.39 is 0 Å². The average Bonchev–Trinajstić information content (AvgIpc) is 2.04. The van der Waals surface area contributed by atoms with Crippen LogP contribution < -0.4 is 0 Å². The molecule has 1 fully saturated rings. The fourth-order valence-corrected chi connectivity index (χ4v) is 2.43. The zero-order valence-electron chi connectivity index (χ0n) is 8.93. The summed E-state index contributed by atoms with van der Waals surface area (Å²) in [6, 6.07) is 1.62. The van der Waals surface area contributed by atoms with Gasteiger partial charge in [0.2, 0.25) is 0 Å². The first-order valence-electron chi connectivity index (χ1n) is 5.65. The zero-order chi connectivity index (χ0) is 9.68. The van der Waals surface area contributed by atoms with Crippen LogP contribution in [0.5, 0.6) is 0 Å². The molecule has 13 heavy (non-hydrogen) atoms. The van der Waals surface area contributed by atoms with Gasteiger partial charge in [0, 0.05) is 24.5 Å². The van der Waals surface area contributed by atoms with Crippen LogP contribution in [0.3, 0.4) is 0 Å². The van der Waals surface area contributed by atoms with Crippen molar-refractivity contribution in [2.24, 2.45) is 0 Å². The van der Waals surface area contributed by atoms with E-state index in [1.54, 1.807) is 0 Å². The lowest BCUT2D eigenvalue weighted by atomic mass is 9.89.